The van der Waals surface area contributed by atoms with E-state index >= 15 is 0 Å². The third kappa shape index (κ3) is 4.56. The average Bonchev–Trinajstić information content (AvgIpc) is 2.42. The fourth-order valence-electron chi connectivity index (χ4n) is 1.39. The number of allylic oxidation sites excluding steroid dienone is 2. The Morgan fingerprint density at radius 2 is 2.19 bits per heavy atom. The molecule has 3 nitrogen and oxygen atoms in total. The smallest absolute Gasteiger partial charge is 0.164 e. The maximum absolute atomic E-state index is 11.4. The molecule has 0 fully saturated rings. The van der Waals surface area contributed by atoms with Crippen molar-refractivity contribution in [2.75, 3.05) is 12.8 Å². The maximum atomic E-state index is 11.4. The second-order valence-corrected chi connectivity index (χ2v) is 5.20. The van der Waals surface area contributed by atoms with E-state index < -0.39 is 10.0 Å². The van der Waals surface area contributed by atoms with Gasteiger partial charge in [0, 0.05) is 0 Å². The minimum atomic E-state index is -3.14. The molecule has 1 aliphatic rings. The van der Waals surface area contributed by atoms with Crippen LogP contribution in [0.2, 0.25) is 0 Å². The van der Waals surface area contributed by atoms with Crippen LogP contribution in [-0.4, -0.2) is 30.9 Å². The predicted octanol–water partition coefficient (Wildman–Crippen LogP) is 1.20. The van der Waals surface area contributed by atoms with Crippen molar-refractivity contribution in [2.24, 2.45) is 0 Å². The number of hydrogen-bond donors (Lipinski definition) is 0. The van der Waals surface area contributed by atoms with Crippen LogP contribution < -0.4 is 0 Å². The van der Waals surface area contributed by atoms with Crippen LogP contribution in [-0.2, 0) is 32.4 Å². The van der Waals surface area contributed by atoms with E-state index in [0.29, 0.717) is 13.0 Å². The average molecular weight is 444 g/mol. The van der Waals surface area contributed by atoms with Crippen molar-refractivity contribution >= 4 is 25.6 Å². The molecule has 96 valence electrons. The molecule has 0 aromatic carbocycles. The first-order chi connectivity index (χ1) is 6.46. The number of nitrogens with zero attached hydrogens (tertiary/aromatic N) is 1. The van der Waals surface area contributed by atoms with Crippen LogP contribution in [0.15, 0.2) is 24.3 Å². The van der Waals surface area contributed by atoms with Gasteiger partial charge in [-0.25, -0.2) is 0 Å². The first-order valence-corrected chi connectivity index (χ1v) is 6.27. The van der Waals surface area contributed by atoms with Crippen LogP contribution in [0.3, 0.4) is 0 Å². The Hall–Kier alpha value is 0.140. The van der Waals surface area contributed by atoms with Crippen molar-refractivity contribution in [1.29, 1.82) is 0 Å². The van der Waals surface area contributed by atoms with Gasteiger partial charge in [0.2, 0.25) is 0 Å². The zero-order chi connectivity index (χ0) is 10.8. The zero-order valence-corrected chi connectivity index (χ0v) is 13.9. The van der Waals surface area contributed by atoms with Gasteiger partial charge in [0.25, 0.3) is 0 Å². The summed E-state index contributed by atoms with van der Waals surface area (Å²) in [5.41, 5.74) is 1.80. The van der Waals surface area contributed by atoms with E-state index in [-0.39, 0.29) is 32.3 Å². The third-order valence-electron chi connectivity index (χ3n) is 2.11. The van der Waals surface area contributed by atoms with Crippen molar-refractivity contribution < 1.29 is 34.8 Å². The SMILES string of the molecule is C=CC[CH-]C1=[N+](S(C)(=O)=O)CC=C1C.P.[Au+]. The van der Waals surface area contributed by atoms with E-state index in [1.807, 2.05) is 19.4 Å². The molecule has 0 spiro atoms. The summed E-state index contributed by atoms with van der Waals surface area (Å²) in [6.07, 6.45) is 7.45. The Morgan fingerprint density at radius 1 is 1.62 bits per heavy atom. The molecule has 0 aromatic rings. The summed E-state index contributed by atoms with van der Waals surface area (Å²) >= 11 is 0. The number of rotatable bonds is 4. The molecule has 0 N–H and O–H groups in total. The van der Waals surface area contributed by atoms with Gasteiger partial charge in [-0.1, -0.05) is 12.5 Å². The van der Waals surface area contributed by atoms with Gasteiger partial charge in [-0.05, 0) is 0 Å². The summed E-state index contributed by atoms with van der Waals surface area (Å²) in [7, 11) is -3.14. The fourth-order valence-corrected chi connectivity index (χ4v) is 2.31. The molecule has 1 unspecified atom stereocenters. The maximum Gasteiger partial charge on any atom is 1.00 e. The number of hydrogen-bond acceptors (Lipinski definition) is 2. The molecule has 0 saturated heterocycles. The molecule has 1 aliphatic heterocycles. The Bertz CT molecular complexity index is 413. The summed E-state index contributed by atoms with van der Waals surface area (Å²) in [6.45, 7) is 5.97. The first-order valence-electron chi connectivity index (χ1n) is 4.42. The molecule has 1 heterocycles. The van der Waals surface area contributed by atoms with Crippen LogP contribution in [0.25, 0.3) is 0 Å². The van der Waals surface area contributed by atoms with Crippen molar-refractivity contribution in [2.45, 2.75) is 13.3 Å². The van der Waals surface area contributed by atoms with Crippen LogP contribution in [0.5, 0.6) is 0 Å². The minimum Gasteiger partial charge on any atom is -0.164 e. The van der Waals surface area contributed by atoms with Gasteiger partial charge < -0.3 is 0 Å². The third-order valence-corrected chi connectivity index (χ3v) is 3.26. The molecule has 0 amide bonds. The summed E-state index contributed by atoms with van der Waals surface area (Å²) < 4.78 is 24.2. The quantitative estimate of drug-likeness (QED) is 0.215. The largest absolute Gasteiger partial charge is 1.00 e. The minimum absolute atomic E-state index is 0. The first kappa shape index (κ1) is 18.5. The molecular formula is C10H18AuNO2PS+. The summed E-state index contributed by atoms with van der Waals surface area (Å²) in [4.78, 5) is 0. The van der Waals surface area contributed by atoms with Crippen LogP contribution in [0.1, 0.15) is 13.3 Å². The van der Waals surface area contributed by atoms with Crippen molar-refractivity contribution in [3.05, 3.63) is 30.7 Å². The number of sulfonamides is 1. The van der Waals surface area contributed by atoms with E-state index in [1.54, 1.807) is 6.08 Å². The van der Waals surface area contributed by atoms with E-state index in [0.717, 1.165) is 11.3 Å². The van der Waals surface area contributed by atoms with E-state index in [9.17, 15) is 8.42 Å². The summed E-state index contributed by atoms with van der Waals surface area (Å²) in [5.74, 6) is 0. The molecule has 0 bridgehead atoms. The molecule has 1 atom stereocenters. The van der Waals surface area contributed by atoms with Gasteiger partial charge in [-0.3, -0.25) is 0 Å². The van der Waals surface area contributed by atoms with Gasteiger partial charge >= 0.3 is 32.4 Å². The Labute approximate surface area is 117 Å². The molecule has 0 aromatic heterocycles. The van der Waals surface area contributed by atoms with Crippen molar-refractivity contribution in [1.82, 2.24) is 0 Å². The van der Waals surface area contributed by atoms with E-state index in [2.05, 4.69) is 6.58 Å². The standard InChI is InChI=1S/C10H15NO2S.Au.H3P/c1-4-5-6-10-9(2)7-8-11(10)14(3,12)13;;/h4,6-7H,1,5,8H2,2-3H3;;1H3/q;+1;. The van der Waals surface area contributed by atoms with Crippen molar-refractivity contribution in [3.8, 4) is 0 Å². The van der Waals surface area contributed by atoms with Gasteiger partial charge in [0.1, 0.15) is 0 Å². The summed E-state index contributed by atoms with van der Waals surface area (Å²) in [6, 6.07) is 0. The van der Waals surface area contributed by atoms with E-state index in [1.165, 1.54) is 10.2 Å². The van der Waals surface area contributed by atoms with Crippen LogP contribution >= 0.6 is 9.90 Å². The van der Waals surface area contributed by atoms with Gasteiger partial charge in [0.05, 0.1) is 12.0 Å². The molecule has 0 aliphatic carbocycles. The normalized spacial score (nSPS) is 14.8. The monoisotopic (exact) mass is 444 g/mol. The van der Waals surface area contributed by atoms with Gasteiger partial charge in [-0.2, -0.15) is 24.7 Å². The Kier molecular flexibility index (Phi) is 8.63. The fraction of sp³-hybridized carbons (Fsp3) is 0.400. The molecule has 6 heteroatoms. The van der Waals surface area contributed by atoms with Crippen LogP contribution in [0, 0.1) is 6.42 Å². The molecule has 0 saturated carbocycles. The van der Waals surface area contributed by atoms with Crippen LogP contribution in [0.4, 0.5) is 0 Å². The second-order valence-electron chi connectivity index (χ2n) is 3.29. The zero-order valence-electron chi connectivity index (χ0n) is 9.53. The molecule has 16 heavy (non-hydrogen) atoms. The molecular weight excluding hydrogens is 426 g/mol. The predicted molar refractivity (Wildman–Crippen MR) is 69.0 cm³/mol. The summed E-state index contributed by atoms with van der Waals surface area (Å²) in [5, 5.41) is 0. The Balaban J connectivity index is 0. The Morgan fingerprint density at radius 3 is 2.62 bits per heavy atom. The molecule has 1 rings (SSSR count). The topological polar surface area (TPSA) is 37.1 Å². The second kappa shape index (κ2) is 7.46. The van der Waals surface area contributed by atoms with Gasteiger partial charge in [0.15, 0.2) is 6.54 Å². The van der Waals surface area contributed by atoms with E-state index in [4.69, 9.17) is 0 Å². The van der Waals surface area contributed by atoms with Gasteiger partial charge in [-0.15, -0.1) is 29.1 Å². The van der Waals surface area contributed by atoms with Crippen molar-refractivity contribution in [3.63, 3.8) is 0 Å². The molecule has 0 radical (unpaired) electrons.